The van der Waals surface area contributed by atoms with Crippen molar-refractivity contribution >= 4 is 24.3 Å². The summed E-state index contributed by atoms with van der Waals surface area (Å²) >= 11 is 0. The van der Waals surface area contributed by atoms with E-state index in [0.29, 0.717) is 0 Å². The molecule has 0 saturated carbocycles. The van der Waals surface area contributed by atoms with Crippen LogP contribution in [0.15, 0.2) is 0 Å². The zero-order valence-electron chi connectivity index (χ0n) is 4.16. The Labute approximate surface area is 49.7 Å². The monoisotopic (exact) mass is 128 g/mol. The molecule has 0 aliphatic carbocycles. The first-order chi connectivity index (χ1) is 4.13. The fraction of sp³-hybridized carbons (Fsp3) is 0. The largest absolute Gasteiger partial charge is 0.533 e. The molecule has 1 N–H and O–H groups in total. The first-order valence-electron chi connectivity index (χ1n) is 2.11. The first-order valence-corrected chi connectivity index (χ1v) is 2.11. The lowest BCUT2D eigenvalue weighted by Crippen LogP contribution is -2.54. The second-order valence-corrected chi connectivity index (χ2v) is 1.51. The summed E-state index contributed by atoms with van der Waals surface area (Å²) in [6, 6.07) is 0. The molecule has 46 valence electrons. The minimum Gasteiger partial charge on any atom is -0.488 e. The molecule has 6 heteroatoms. The summed E-state index contributed by atoms with van der Waals surface area (Å²) in [5.41, 5.74) is 0. The topological polar surface area (TPSA) is 80.7 Å². The minimum atomic E-state index is -1.56. The van der Waals surface area contributed by atoms with E-state index in [1.54, 1.807) is 0 Å². The summed E-state index contributed by atoms with van der Waals surface area (Å²) in [6.07, 6.45) is 0. The standard InChI is InChI=1S/C3HBO5/c5-1(6)4-2(7)9-3(4)8/h(H,5,6). The van der Waals surface area contributed by atoms with Crippen molar-refractivity contribution in [2.45, 2.75) is 0 Å². The molecule has 9 heavy (non-hydrogen) atoms. The number of carboxylic acid groups (broad SMARTS) is 1. The molecule has 5 nitrogen and oxygen atoms in total. The van der Waals surface area contributed by atoms with Gasteiger partial charge in [-0.15, -0.1) is 0 Å². The van der Waals surface area contributed by atoms with E-state index in [2.05, 4.69) is 4.74 Å². The van der Waals surface area contributed by atoms with Crippen LogP contribution in [0.4, 0.5) is 14.4 Å². The minimum absolute atomic E-state index is 0.979. The van der Waals surface area contributed by atoms with Gasteiger partial charge in [-0.1, -0.05) is 0 Å². The molecule has 1 rings (SSSR count). The van der Waals surface area contributed by atoms with Gasteiger partial charge >= 0.3 is 6.71 Å². The molecule has 1 aliphatic rings. The third-order valence-electron chi connectivity index (χ3n) is 0.920. The van der Waals surface area contributed by atoms with Crippen molar-refractivity contribution in [3.8, 4) is 0 Å². The number of cyclic esters (lactones) is 2. The quantitative estimate of drug-likeness (QED) is 0.402. The van der Waals surface area contributed by atoms with Crippen molar-refractivity contribution < 1.29 is 24.2 Å². The third-order valence-corrected chi connectivity index (χ3v) is 0.920. The first kappa shape index (κ1) is 5.81. The van der Waals surface area contributed by atoms with Crippen LogP contribution in [-0.4, -0.2) is 29.4 Å². The molecule has 1 aliphatic heterocycles. The van der Waals surface area contributed by atoms with Crippen molar-refractivity contribution in [2.24, 2.45) is 0 Å². The molecule has 0 aromatic carbocycles. The van der Waals surface area contributed by atoms with Gasteiger partial charge in [0.25, 0.3) is 17.6 Å². The molecule has 0 aromatic rings. The van der Waals surface area contributed by atoms with Gasteiger partial charge < -0.3 is 9.84 Å². The normalized spacial score (nSPS) is 16.7. The zero-order valence-corrected chi connectivity index (χ0v) is 4.16. The predicted octanol–water partition coefficient (Wildman–Crippen LogP) is 0.174. The molecule has 0 aromatic heterocycles. The Kier molecular flexibility index (Phi) is 1.02. The SMILES string of the molecule is O=C(O)B1C(=O)OC1=O. The van der Waals surface area contributed by atoms with Crippen LogP contribution >= 0.6 is 0 Å². The van der Waals surface area contributed by atoms with Gasteiger partial charge in [0.2, 0.25) is 0 Å². The highest BCUT2D eigenvalue weighted by Gasteiger charge is 2.54. The van der Waals surface area contributed by atoms with Crippen LogP contribution in [0.1, 0.15) is 0 Å². The lowest BCUT2D eigenvalue weighted by molar-refractivity contribution is 0.168. The summed E-state index contributed by atoms with van der Waals surface area (Å²) in [4.78, 5) is 30.0. The van der Waals surface area contributed by atoms with Gasteiger partial charge in [0.1, 0.15) is 0 Å². The highest BCUT2D eigenvalue weighted by atomic mass is 16.6. The lowest BCUT2D eigenvalue weighted by Gasteiger charge is -2.13. The van der Waals surface area contributed by atoms with Gasteiger partial charge in [-0.3, -0.25) is 14.4 Å². The summed E-state index contributed by atoms with van der Waals surface area (Å²) in [5, 5.41) is 8.05. The van der Waals surface area contributed by atoms with Crippen molar-refractivity contribution in [3.63, 3.8) is 0 Å². The molecule has 0 unspecified atom stereocenters. The highest BCUT2D eigenvalue weighted by Crippen LogP contribution is 2.07. The van der Waals surface area contributed by atoms with Crippen molar-refractivity contribution in [1.82, 2.24) is 0 Å². The van der Waals surface area contributed by atoms with Gasteiger partial charge in [-0.2, -0.15) is 0 Å². The van der Waals surface area contributed by atoms with E-state index in [4.69, 9.17) is 5.11 Å². The van der Waals surface area contributed by atoms with E-state index < -0.39 is 24.3 Å². The summed E-state index contributed by atoms with van der Waals surface area (Å²) in [7, 11) is 0. The van der Waals surface area contributed by atoms with E-state index in [9.17, 15) is 14.4 Å². The van der Waals surface area contributed by atoms with E-state index in [0.717, 1.165) is 0 Å². The third kappa shape index (κ3) is 0.677. The molecule has 0 spiro atoms. The number of ether oxygens (including phenoxy) is 1. The Morgan fingerprint density at radius 1 is 1.44 bits per heavy atom. The number of carbonyl (C=O) groups excluding carboxylic acids is 2. The summed E-state index contributed by atoms with van der Waals surface area (Å²) in [5.74, 6) is -3.41. The van der Waals surface area contributed by atoms with E-state index in [1.165, 1.54) is 0 Å². The maximum Gasteiger partial charge on any atom is 0.533 e. The maximum absolute atomic E-state index is 10.1. The molecular formula is C3HBO5. The van der Waals surface area contributed by atoms with Crippen LogP contribution in [-0.2, 0) is 4.74 Å². The number of rotatable bonds is 1. The van der Waals surface area contributed by atoms with Gasteiger partial charge in [0.05, 0.1) is 0 Å². The molecule has 1 saturated heterocycles. The average molecular weight is 128 g/mol. The van der Waals surface area contributed by atoms with Crippen LogP contribution in [0.3, 0.4) is 0 Å². The number of hydrogen-bond acceptors (Lipinski definition) is 4. The predicted molar refractivity (Wildman–Crippen MR) is 25.7 cm³/mol. The smallest absolute Gasteiger partial charge is 0.488 e. The second-order valence-electron chi connectivity index (χ2n) is 1.51. The van der Waals surface area contributed by atoms with Crippen LogP contribution in [0.2, 0.25) is 0 Å². The zero-order chi connectivity index (χ0) is 7.02. The Morgan fingerprint density at radius 2 is 1.89 bits per heavy atom. The van der Waals surface area contributed by atoms with Crippen LogP contribution in [0.5, 0.6) is 0 Å². The molecular weight excluding hydrogens is 127 g/mol. The van der Waals surface area contributed by atoms with Gasteiger partial charge in [0.15, 0.2) is 0 Å². The van der Waals surface area contributed by atoms with Crippen LogP contribution < -0.4 is 0 Å². The van der Waals surface area contributed by atoms with Gasteiger partial charge in [-0.05, 0) is 0 Å². The van der Waals surface area contributed by atoms with E-state index in [1.807, 2.05) is 0 Å². The fourth-order valence-corrected chi connectivity index (χ4v) is 0.457. The van der Waals surface area contributed by atoms with E-state index in [-0.39, 0.29) is 0 Å². The molecule has 0 radical (unpaired) electrons. The molecule has 0 amide bonds. The van der Waals surface area contributed by atoms with Crippen molar-refractivity contribution in [1.29, 1.82) is 0 Å². The molecule has 1 heterocycles. The lowest BCUT2D eigenvalue weighted by atomic mass is 9.46. The maximum atomic E-state index is 10.1. The Morgan fingerprint density at radius 3 is 2.00 bits per heavy atom. The Hall–Kier alpha value is -1.33. The highest BCUT2D eigenvalue weighted by molar-refractivity contribution is 7.30. The summed E-state index contributed by atoms with van der Waals surface area (Å²) in [6.45, 7) is -1.56. The Bertz CT molecular complexity index is 171. The number of carbonyl (C=O) groups is 3. The molecule has 1 fully saturated rings. The van der Waals surface area contributed by atoms with Crippen molar-refractivity contribution in [3.05, 3.63) is 0 Å². The average Bonchev–Trinajstić information content (AvgIpc) is 1.62. The van der Waals surface area contributed by atoms with Crippen LogP contribution in [0, 0.1) is 0 Å². The second kappa shape index (κ2) is 1.58. The number of hydrogen-bond donors (Lipinski definition) is 1. The summed E-state index contributed by atoms with van der Waals surface area (Å²) < 4.78 is 3.75. The molecule has 0 bridgehead atoms. The van der Waals surface area contributed by atoms with Gasteiger partial charge in [-0.25, -0.2) is 0 Å². The van der Waals surface area contributed by atoms with Gasteiger partial charge in [0, 0.05) is 0 Å². The van der Waals surface area contributed by atoms with E-state index >= 15 is 0 Å². The fourth-order valence-electron chi connectivity index (χ4n) is 0.457. The Balaban J connectivity index is 2.70. The molecule has 0 atom stereocenters. The van der Waals surface area contributed by atoms with Crippen LogP contribution in [0.25, 0.3) is 0 Å². The van der Waals surface area contributed by atoms with Crippen molar-refractivity contribution in [2.75, 3.05) is 0 Å².